The minimum Gasteiger partial charge on any atom is -0.404 e. The molecule has 1 aliphatic heterocycles. The van der Waals surface area contributed by atoms with Crippen molar-refractivity contribution < 1.29 is 8.42 Å². The van der Waals surface area contributed by atoms with Crippen LogP contribution in [0.1, 0.15) is 19.4 Å². The lowest BCUT2D eigenvalue weighted by Crippen LogP contribution is -2.27. The Balaban J connectivity index is 1.84. The minimum atomic E-state index is -3.22. The summed E-state index contributed by atoms with van der Waals surface area (Å²) in [7, 11) is -3.22. The lowest BCUT2D eigenvalue weighted by atomic mass is 10.0. The van der Waals surface area contributed by atoms with Crippen LogP contribution in [0.2, 0.25) is 0 Å². The van der Waals surface area contributed by atoms with E-state index in [9.17, 15) is 8.42 Å². The molecule has 3 heterocycles. The van der Waals surface area contributed by atoms with Crippen LogP contribution in [0.4, 0.5) is 5.82 Å². The largest absolute Gasteiger partial charge is 0.404 e. The van der Waals surface area contributed by atoms with Crippen LogP contribution < -0.4 is 16.8 Å². The van der Waals surface area contributed by atoms with Crippen molar-refractivity contribution in [3.8, 4) is 0 Å². The summed E-state index contributed by atoms with van der Waals surface area (Å²) in [5, 5.41) is 3.07. The number of pyridine rings is 2. The van der Waals surface area contributed by atoms with Gasteiger partial charge in [-0.1, -0.05) is 19.9 Å². The summed E-state index contributed by atoms with van der Waals surface area (Å²) >= 11 is 0. The number of nitrogens with zero attached hydrogens (tertiary/aromatic N) is 3. The van der Waals surface area contributed by atoms with E-state index in [1.54, 1.807) is 24.5 Å². The van der Waals surface area contributed by atoms with E-state index in [1.807, 2.05) is 32.1 Å². The fourth-order valence-electron chi connectivity index (χ4n) is 3.02. The van der Waals surface area contributed by atoms with Crippen LogP contribution in [0, 0.1) is 5.92 Å². The third-order valence-corrected chi connectivity index (χ3v) is 5.94. The molecule has 2 aromatic rings. The average Bonchev–Trinajstić information content (AvgIpc) is 3.16. The van der Waals surface area contributed by atoms with Gasteiger partial charge in [0, 0.05) is 19.3 Å². The smallest absolute Gasteiger partial charge is 0.211 e. The molecular formula is C20H26N6O2S. The Morgan fingerprint density at radius 2 is 2.07 bits per heavy atom. The number of rotatable bonds is 6. The first-order valence-electron chi connectivity index (χ1n) is 9.24. The number of hydrogen-bond acceptors (Lipinski definition) is 7. The maximum absolute atomic E-state index is 11.7. The molecule has 0 atom stereocenters. The van der Waals surface area contributed by atoms with E-state index in [-0.39, 0.29) is 5.92 Å². The van der Waals surface area contributed by atoms with Gasteiger partial charge in [-0.25, -0.2) is 13.4 Å². The normalized spacial score (nSPS) is 16.5. The lowest BCUT2D eigenvalue weighted by molar-refractivity contribution is 0.496. The van der Waals surface area contributed by atoms with Gasteiger partial charge in [0.1, 0.15) is 11.6 Å². The van der Waals surface area contributed by atoms with Gasteiger partial charge >= 0.3 is 0 Å². The van der Waals surface area contributed by atoms with Gasteiger partial charge in [-0.15, -0.1) is 0 Å². The molecule has 0 radical (unpaired) electrons. The van der Waals surface area contributed by atoms with Crippen LogP contribution in [-0.4, -0.2) is 42.0 Å². The van der Waals surface area contributed by atoms with Crippen LogP contribution in [0.5, 0.6) is 0 Å². The fourth-order valence-corrected chi connectivity index (χ4v) is 3.73. The molecule has 0 amide bonds. The number of allylic oxidation sites excluding steroid dienone is 2. The second-order valence-electron chi connectivity index (χ2n) is 7.29. The molecule has 0 saturated heterocycles. The predicted molar refractivity (Wildman–Crippen MR) is 117 cm³/mol. The molecule has 0 bridgehead atoms. The number of nitrogens with two attached hydrogens (primary N) is 2. The topological polar surface area (TPSA) is 127 Å². The molecule has 154 valence electrons. The molecule has 0 aromatic carbocycles. The Hall–Kier alpha value is -2.91. The number of fused-ring (bicyclic) bond motifs is 1. The van der Waals surface area contributed by atoms with E-state index in [1.165, 1.54) is 10.6 Å². The van der Waals surface area contributed by atoms with Crippen molar-refractivity contribution in [2.24, 2.45) is 17.4 Å². The summed E-state index contributed by atoms with van der Waals surface area (Å²) in [6.07, 6.45) is 8.18. The predicted octanol–water partition coefficient (Wildman–Crippen LogP) is 2.00. The number of anilines is 1. The standard InChI is InChI=1S/C20H26N6O2S/c1-13(2)15(10-21)9-19(22)25-20-5-4-17-18(24-20)8-16(11-23-17)14-6-7-26(12-14)29(3,27)28/h4-6,8-11,13H,7,12,21-22H2,1-3H3,(H,24,25)/b15-10+,19-9+. The van der Waals surface area contributed by atoms with E-state index in [0.29, 0.717) is 30.2 Å². The Labute approximate surface area is 171 Å². The highest BCUT2D eigenvalue weighted by Crippen LogP contribution is 2.25. The molecular weight excluding hydrogens is 388 g/mol. The zero-order valence-electron chi connectivity index (χ0n) is 16.8. The Kier molecular flexibility index (Phi) is 5.90. The second kappa shape index (κ2) is 8.22. The van der Waals surface area contributed by atoms with Gasteiger partial charge in [-0.3, -0.25) is 4.98 Å². The van der Waals surface area contributed by atoms with Gasteiger partial charge in [0.2, 0.25) is 10.0 Å². The Morgan fingerprint density at radius 1 is 1.31 bits per heavy atom. The van der Waals surface area contributed by atoms with Crippen LogP contribution in [0.25, 0.3) is 16.6 Å². The van der Waals surface area contributed by atoms with Crippen molar-refractivity contribution in [1.82, 2.24) is 14.3 Å². The van der Waals surface area contributed by atoms with Crippen LogP contribution in [0.3, 0.4) is 0 Å². The molecule has 0 unspecified atom stereocenters. The molecule has 0 fully saturated rings. The Morgan fingerprint density at radius 3 is 2.69 bits per heavy atom. The molecule has 0 aliphatic carbocycles. The van der Waals surface area contributed by atoms with Crippen LogP contribution in [0.15, 0.2) is 54.1 Å². The van der Waals surface area contributed by atoms with Crippen molar-refractivity contribution >= 4 is 32.4 Å². The minimum absolute atomic E-state index is 0.253. The third-order valence-electron chi connectivity index (χ3n) is 4.72. The number of hydrogen-bond donors (Lipinski definition) is 3. The zero-order chi connectivity index (χ0) is 21.2. The van der Waals surface area contributed by atoms with Gasteiger partial charge < -0.3 is 16.8 Å². The first-order valence-corrected chi connectivity index (χ1v) is 11.1. The van der Waals surface area contributed by atoms with Crippen molar-refractivity contribution in [1.29, 1.82) is 0 Å². The SMILES string of the molecule is CC(C)C(=C/N)/C=C(\N)Nc1ccc2ncc(C3=CCN(S(C)(=O)=O)C3)cc2n1. The molecule has 3 rings (SSSR count). The monoisotopic (exact) mass is 414 g/mol. The first-order chi connectivity index (χ1) is 13.7. The highest BCUT2D eigenvalue weighted by molar-refractivity contribution is 7.88. The Bertz CT molecular complexity index is 1120. The summed E-state index contributed by atoms with van der Waals surface area (Å²) in [6, 6.07) is 5.57. The number of aromatic nitrogens is 2. The summed E-state index contributed by atoms with van der Waals surface area (Å²) in [4.78, 5) is 9.04. The molecule has 29 heavy (non-hydrogen) atoms. The van der Waals surface area contributed by atoms with E-state index < -0.39 is 10.0 Å². The van der Waals surface area contributed by atoms with Gasteiger partial charge in [0.15, 0.2) is 0 Å². The zero-order valence-corrected chi connectivity index (χ0v) is 17.6. The van der Waals surface area contributed by atoms with Crippen molar-refractivity contribution in [3.63, 3.8) is 0 Å². The van der Waals surface area contributed by atoms with Gasteiger partial charge in [0.25, 0.3) is 0 Å². The van der Waals surface area contributed by atoms with Gasteiger partial charge in [0.05, 0.1) is 17.3 Å². The number of nitrogens with one attached hydrogen (secondary N) is 1. The highest BCUT2D eigenvalue weighted by atomic mass is 32.2. The molecule has 2 aromatic heterocycles. The van der Waals surface area contributed by atoms with E-state index >= 15 is 0 Å². The van der Waals surface area contributed by atoms with Crippen LogP contribution >= 0.6 is 0 Å². The molecule has 9 heteroatoms. The molecule has 5 N–H and O–H groups in total. The van der Waals surface area contributed by atoms with Crippen molar-refractivity contribution in [3.05, 3.63) is 59.7 Å². The molecule has 8 nitrogen and oxygen atoms in total. The van der Waals surface area contributed by atoms with Crippen LogP contribution in [-0.2, 0) is 10.0 Å². The molecule has 0 spiro atoms. The lowest BCUT2D eigenvalue weighted by Gasteiger charge is -2.13. The average molecular weight is 415 g/mol. The summed E-state index contributed by atoms with van der Waals surface area (Å²) < 4.78 is 24.9. The maximum atomic E-state index is 11.7. The van der Waals surface area contributed by atoms with E-state index in [4.69, 9.17) is 11.5 Å². The summed E-state index contributed by atoms with van der Waals surface area (Å²) in [6.45, 7) is 4.78. The maximum Gasteiger partial charge on any atom is 0.211 e. The van der Waals surface area contributed by atoms with Gasteiger partial charge in [-0.05, 0) is 53.1 Å². The van der Waals surface area contributed by atoms with Crippen molar-refractivity contribution in [2.45, 2.75) is 13.8 Å². The summed E-state index contributed by atoms with van der Waals surface area (Å²) in [5.41, 5.74) is 15.8. The van der Waals surface area contributed by atoms with E-state index in [2.05, 4.69) is 15.3 Å². The van der Waals surface area contributed by atoms with Gasteiger partial charge in [-0.2, -0.15) is 4.31 Å². The summed E-state index contributed by atoms with van der Waals surface area (Å²) in [5.74, 6) is 1.28. The molecule has 1 aliphatic rings. The highest BCUT2D eigenvalue weighted by Gasteiger charge is 2.23. The van der Waals surface area contributed by atoms with Crippen molar-refractivity contribution in [2.75, 3.05) is 24.7 Å². The first kappa shape index (κ1) is 20.8. The quantitative estimate of drug-likeness (QED) is 0.617. The number of sulfonamides is 1. The fraction of sp³-hybridized carbons (Fsp3) is 0.300. The molecule has 0 saturated carbocycles. The third kappa shape index (κ3) is 4.93. The van der Waals surface area contributed by atoms with E-state index in [0.717, 1.165) is 22.2 Å². The second-order valence-corrected chi connectivity index (χ2v) is 9.27.